The third kappa shape index (κ3) is 5.69. The Bertz CT molecular complexity index is 1000. The van der Waals surface area contributed by atoms with Gasteiger partial charge in [-0.1, -0.05) is 18.0 Å². The molecule has 0 saturated heterocycles. The van der Waals surface area contributed by atoms with E-state index in [-0.39, 0.29) is 19.4 Å². The van der Waals surface area contributed by atoms with Crippen molar-refractivity contribution in [1.29, 1.82) is 0 Å². The number of alkyl halides is 1. The summed E-state index contributed by atoms with van der Waals surface area (Å²) >= 11 is 0. The molecule has 2 aliphatic rings. The molecule has 2 aliphatic carbocycles. The van der Waals surface area contributed by atoms with Gasteiger partial charge in [0.25, 0.3) is 0 Å². The smallest absolute Gasteiger partial charge is 0.407 e. The van der Waals surface area contributed by atoms with Crippen molar-refractivity contribution in [3.05, 3.63) is 35.5 Å². The summed E-state index contributed by atoms with van der Waals surface area (Å²) in [5, 5.41) is 16.0. The van der Waals surface area contributed by atoms with Crippen molar-refractivity contribution in [2.24, 2.45) is 5.92 Å². The van der Waals surface area contributed by atoms with Crippen molar-refractivity contribution >= 4 is 12.1 Å². The normalized spacial score (nSPS) is 22.9. The highest BCUT2D eigenvalue weighted by atomic mass is 19.1. The van der Waals surface area contributed by atoms with Gasteiger partial charge in [-0.2, -0.15) is 0 Å². The molecule has 0 radical (unpaired) electrons. The SMILES string of the molecule is Cc1noc(-c2ccc(OC3CCCC(F)(C(=O)O)C3)cc2)c1COC(=O)NCC1CCCC1. The predicted octanol–water partition coefficient (Wildman–Crippen LogP) is 5.18. The lowest BCUT2D eigenvalue weighted by atomic mass is 9.84. The first-order valence-corrected chi connectivity index (χ1v) is 11.9. The molecule has 1 aromatic heterocycles. The zero-order valence-corrected chi connectivity index (χ0v) is 19.3. The highest BCUT2D eigenvalue weighted by molar-refractivity contribution is 5.77. The van der Waals surface area contributed by atoms with Gasteiger partial charge in [0.1, 0.15) is 18.5 Å². The number of carbonyl (C=O) groups is 2. The van der Waals surface area contributed by atoms with Crippen LogP contribution in [0.1, 0.15) is 62.6 Å². The fraction of sp³-hybridized carbons (Fsp3) is 0.560. The number of nitrogens with one attached hydrogen (secondary N) is 1. The zero-order chi connectivity index (χ0) is 24.1. The Balaban J connectivity index is 1.34. The fourth-order valence-electron chi connectivity index (χ4n) is 4.76. The zero-order valence-electron chi connectivity index (χ0n) is 19.3. The lowest BCUT2D eigenvalue weighted by Crippen LogP contribution is -2.42. The number of alkyl carbamates (subject to hydrolysis) is 1. The van der Waals surface area contributed by atoms with E-state index < -0.39 is 23.8 Å². The number of halogens is 1. The molecule has 2 unspecified atom stereocenters. The molecule has 8 nitrogen and oxygen atoms in total. The molecule has 34 heavy (non-hydrogen) atoms. The van der Waals surface area contributed by atoms with E-state index in [1.807, 2.05) is 0 Å². The molecule has 9 heteroatoms. The van der Waals surface area contributed by atoms with Crippen molar-refractivity contribution in [3.8, 4) is 17.1 Å². The number of hydrogen-bond acceptors (Lipinski definition) is 6. The van der Waals surface area contributed by atoms with Gasteiger partial charge in [-0.15, -0.1) is 0 Å². The van der Waals surface area contributed by atoms with Crippen LogP contribution in [0.4, 0.5) is 9.18 Å². The molecule has 2 atom stereocenters. The molecule has 2 aromatic rings. The second-order valence-electron chi connectivity index (χ2n) is 9.31. The number of carboxylic acids is 1. The van der Waals surface area contributed by atoms with Gasteiger partial charge in [0.05, 0.1) is 11.3 Å². The van der Waals surface area contributed by atoms with E-state index in [1.165, 1.54) is 12.8 Å². The summed E-state index contributed by atoms with van der Waals surface area (Å²) in [6.45, 7) is 2.45. The van der Waals surface area contributed by atoms with Crippen LogP contribution < -0.4 is 10.1 Å². The van der Waals surface area contributed by atoms with Crippen LogP contribution in [0.15, 0.2) is 28.8 Å². The number of aromatic nitrogens is 1. The second-order valence-corrected chi connectivity index (χ2v) is 9.31. The minimum absolute atomic E-state index is 0.00935. The number of aliphatic carboxylic acids is 1. The molecule has 1 amide bonds. The van der Waals surface area contributed by atoms with E-state index in [4.69, 9.17) is 19.1 Å². The number of ether oxygens (including phenoxy) is 2. The summed E-state index contributed by atoms with van der Waals surface area (Å²) in [5.74, 6) is 0.113. The molecule has 2 N–H and O–H groups in total. The van der Waals surface area contributed by atoms with Crippen LogP contribution in [0.2, 0.25) is 0 Å². The van der Waals surface area contributed by atoms with Crippen LogP contribution in [0.3, 0.4) is 0 Å². The highest BCUT2D eigenvalue weighted by Crippen LogP contribution is 2.35. The molecule has 0 spiro atoms. The van der Waals surface area contributed by atoms with Gasteiger partial charge in [-0.05, 0) is 69.2 Å². The third-order valence-corrected chi connectivity index (χ3v) is 6.80. The lowest BCUT2D eigenvalue weighted by Gasteiger charge is -2.31. The quantitative estimate of drug-likeness (QED) is 0.542. The van der Waals surface area contributed by atoms with E-state index in [0.717, 1.165) is 18.4 Å². The fourth-order valence-corrected chi connectivity index (χ4v) is 4.76. The van der Waals surface area contributed by atoms with Gasteiger partial charge < -0.3 is 24.4 Å². The maximum absolute atomic E-state index is 14.5. The summed E-state index contributed by atoms with van der Waals surface area (Å²) < 4.78 is 31.2. The van der Waals surface area contributed by atoms with Gasteiger partial charge in [0, 0.05) is 18.5 Å². The number of aryl methyl sites for hydroxylation is 1. The Labute approximate surface area is 197 Å². The van der Waals surface area contributed by atoms with Crippen LogP contribution >= 0.6 is 0 Å². The number of benzene rings is 1. The van der Waals surface area contributed by atoms with Crippen LogP contribution in [0, 0.1) is 12.8 Å². The second kappa shape index (κ2) is 10.4. The number of carboxylic acid groups (broad SMARTS) is 1. The predicted molar refractivity (Wildman–Crippen MR) is 121 cm³/mol. The number of rotatable bonds is 8. The van der Waals surface area contributed by atoms with E-state index in [2.05, 4.69) is 10.5 Å². The van der Waals surface area contributed by atoms with E-state index >= 15 is 0 Å². The van der Waals surface area contributed by atoms with Gasteiger partial charge in [-0.25, -0.2) is 14.0 Å². The van der Waals surface area contributed by atoms with Crippen molar-refractivity contribution in [3.63, 3.8) is 0 Å². The molecule has 0 bridgehead atoms. The maximum atomic E-state index is 14.5. The van der Waals surface area contributed by atoms with Gasteiger partial charge in [0.15, 0.2) is 5.76 Å². The van der Waals surface area contributed by atoms with E-state index in [1.54, 1.807) is 31.2 Å². The molecule has 2 fully saturated rings. The summed E-state index contributed by atoms with van der Waals surface area (Å²) in [6.07, 6.45) is 4.66. The molecule has 4 rings (SSSR count). The maximum Gasteiger partial charge on any atom is 0.407 e. The molecule has 0 aliphatic heterocycles. The first kappa shape index (κ1) is 24.0. The Hall–Kier alpha value is -3.10. The minimum Gasteiger partial charge on any atom is -0.490 e. The first-order chi connectivity index (χ1) is 16.3. The van der Waals surface area contributed by atoms with Crippen molar-refractivity contribution in [2.45, 2.75) is 76.7 Å². The molecular weight excluding hydrogens is 443 g/mol. The standard InChI is InChI=1S/C25H31FN2O6/c1-16-21(15-32-24(31)27-14-17-5-2-3-6-17)22(34-28-16)18-8-10-19(11-9-18)33-20-7-4-12-25(26,13-20)23(29)30/h8-11,17,20H,2-7,12-15H2,1H3,(H,27,31)(H,29,30). The molecule has 1 aromatic carbocycles. The van der Waals surface area contributed by atoms with Crippen LogP contribution in [-0.4, -0.2) is 40.6 Å². The minimum atomic E-state index is -2.24. The van der Waals surface area contributed by atoms with E-state index in [9.17, 15) is 14.0 Å². The monoisotopic (exact) mass is 474 g/mol. The lowest BCUT2D eigenvalue weighted by molar-refractivity contribution is -0.155. The third-order valence-electron chi connectivity index (χ3n) is 6.80. The summed E-state index contributed by atoms with van der Waals surface area (Å²) in [4.78, 5) is 23.3. The van der Waals surface area contributed by atoms with Gasteiger partial charge in [-0.3, -0.25) is 0 Å². The summed E-state index contributed by atoms with van der Waals surface area (Å²) in [5.41, 5.74) is -0.194. The Kier molecular flexibility index (Phi) is 7.38. The number of nitrogens with zero attached hydrogens (tertiary/aromatic N) is 1. The first-order valence-electron chi connectivity index (χ1n) is 11.9. The van der Waals surface area contributed by atoms with Crippen molar-refractivity contribution in [1.82, 2.24) is 10.5 Å². The van der Waals surface area contributed by atoms with Gasteiger partial charge in [0.2, 0.25) is 5.67 Å². The van der Waals surface area contributed by atoms with Crippen LogP contribution in [-0.2, 0) is 16.1 Å². The summed E-state index contributed by atoms with van der Waals surface area (Å²) in [6, 6.07) is 7.01. The van der Waals surface area contributed by atoms with Gasteiger partial charge >= 0.3 is 12.1 Å². The Morgan fingerprint density at radius 1 is 1.21 bits per heavy atom. The largest absolute Gasteiger partial charge is 0.490 e. The average Bonchev–Trinajstić information content (AvgIpc) is 3.46. The number of carbonyl (C=O) groups excluding carboxylic acids is 1. The van der Waals surface area contributed by atoms with E-state index in [0.29, 0.717) is 48.1 Å². The number of hydrogen-bond donors (Lipinski definition) is 2. The topological polar surface area (TPSA) is 111 Å². The van der Waals surface area contributed by atoms with Crippen LogP contribution in [0.25, 0.3) is 11.3 Å². The van der Waals surface area contributed by atoms with Crippen molar-refractivity contribution in [2.75, 3.05) is 6.54 Å². The molecule has 184 valence electrons. The molecular formula is C25H31FN2O6. The summed E-state index contributed by atoms with van der Waals surface area (Å²) in [7, 11) is 0. The Morgan fingerprint density at radius 2 is 1.94 bits per heavy atom. The molecule has 1 heterocycles. The molecule has 2 saturated carbocycles. The number of amides is 1. The highest BCUT2D eigenvalue weighted by Gasteiger charge is 2.44. The van der Waals surface area contributed by atoms with Crippen LogP contribution in [0.5, 0.6) is 5.75 Å². The van der Waals surface area contributed by atoms with Crippen molar-refractivity contribution < 1.29 is 33.1 Å². The Morgan fingerprint density at radius 3 is 2.65 bits per heavy atom. The average molecular weight is 475 g/mol.